The van der Waals surface area contributed by atoms with E-state index in [-0.39, 0.29) is 12.4 Å². The van der Waals surface area contributed by atoms with Gasteiger partial charge in [-0.05, 0) is 43.2 Å². The van der Waals surface area contributed by atoms with E-state index < -0.39 is 0 Å². The third-order valence-electron chi connectivity index (χ3n) is 2.56. The first-order valence-corrected chi connectivity index (χ1v) is 5.12. The van der Waals surface area contributed by atoms with Gasteiger partial charge in [0.25, 0.3) is 0 Å². The van der Waals surface area contributed by atoms with E-state index in [1.165, 1.54) is 12.1 Å². The summed E-state index contributed by atoms with van der Waals surface area (Å²) < 4.78 is 14.5. The largest absolute Gasteiger partial charge is 0.396 e. The fourth-order valence-corrected chi connectivity index (χ4v) is 1.65. The van der Waals surface area contributed by atoms with Crippen molar-refractivity contribution in [1.29, 1.82) is 0 Å². The molecule has 0 aliphatic heterocycles. The summed E-state index contributed by atoms with van der Waals surface area (Å²) in [4.78, 5) is 0. The summed E-state index contributed by atoms with van der Waals surface area (Å²) in [5, 5.41) is 13.1. The molecular formula is C12H13FN2O. The molecule has 0 saturated heterocycles. The van der Waals surface area contributed by atoms with Gasteiger partial charge in [-0.25, -0.2) is 9.07 Å². The van der Waals surface area contributed by atoms with E-state index in [1.54, 1.807) is 23.0 Å². The van der Waals surface area contributed by atoms with Gasteiger partial charge in [-0.15, -0.1) is 0 Å². The monoisotopic (exact) mass is 220 g/mol. The highest BCUT2D eigenvalue weighted by atomic mass is 19.1. The lowest BCUT2D eigenvalue weighted by Crippen LogP contribution is -2.00. The second-order valence-electron chi connectivity index (χ2n) is 3.62. The molecule has 1 N–H and O–H groups in total. The smallest absolute Gasteiger partial charge is 0.123 e. The summed E-state index contributed by atoms with van der Waals surface area (Å²) >= 11 is 0. The van der Waals surface area contributed by atoms with Gasteiger partial charge in [0.1, 0.15) is 5.82 Å². The van der Waals surface area contributed by atoms with E-state index in [1.807, 2.05) is 6.92 Å². The molecule has 4 heteroatoms. The fraction of sp³-hybridized carbons (Fsp3) is 0.250. The van der Waals surface area contributed by atoms with Crippen LogP contribution in [-0.2, 0) is 6.42 Å². The van der Waals surface area contributed by atoms with E-state index >= 15 is 0 Å². The highest BCUT2D eigenvalue weighted by Gasteiger charge is 2.07. The maximum absolute atomic E-state index is 12.8. The highest BCUT2D eigenvalue weighted by molar-refractivity contribution is 5.34. The molecule has 3 nitrogen and oxygen atoms in total. The van der Waals surface area contributed by atoms with E-state index in [0.29, 0.717) is 6.42 Å². The van der Waals surface area contributed by atoms with Crippen LogP contribution in [0.5, 0.6) is 0 Å². The van der Waals surface area contributed by atoms with Gasteiger partial charge >= 0.3 is 0 Å². The first-order valence-electron chi connectivity index (χ1n) is 5.12. The minimum absolute atomic E-state index is 0.107. The number of rotatable bonds is 3. The van der Waals surface area contributed by atoms with Gasteiger partial charge in [0.2, 0.25) is 0 Å². The molecule has 0 spiro atoms. The molecule has 2 aromatic rings. The second-order valence-corrected chi connectivity index (χ2v) is 3.62. The van der Waals surface area contributed by atoms with Gasteiger partial charge in [0.05, 0.1) is 11.9 Å². The number of nitrogens with zero attached hydrogens (tertiary/aromatic N) is 2. The second kappa shape index (κ2) is 4.45. The molecule has 0 amide bonds. The maximum atomic E-state index is 12.8. The minimum Gasteiger partial charge on any atom is -0.396 e. The maximum Gasteiger partial charge on any atom is 0.123 e. The van der Waals surface area contributed by atoms with E-state index in [9.17, 15) is 4.39 Å². The van der Waals surface area contributed by atoms with Crippen molar-refractivity contribution in [2.75, 3.05) is 6.61 Å². The number of halogens is 1. The lowest BCUT2D eigenvalue weighted by Gasteiger charge is -2.04. The van der Waals surface area contributed by atoms with Gasteiger partial charge in [0.15, 0.2) is 0 Å². The van der Waals surface area contributed by atoms with Gasteiger partial charge in [-0.3, -0.25) is 0 Å². The summed E-state index contributed by atoms with van der Waals surface area (Å²) in [6.07, 6.45) is 2.32. The molecular weight excluding hydrogens is 207 g/mol. The third kappa shape index (κ3) is 1.97. The number of hydrogen-bond acceptors (Lipinski definition) is 2. The molecule has 0 radical (unpaired) electrons. The van der Waals surface area contributed by atoms with Crippen molar-refractivity contribution in [2.45, 2.75) is 13.3 Å². The normalized spacial score (nSPS) is 10.7. The molecule has 0 saturated carbocycles. The summed E-state index contributed by atoms with van der Waals surface area (Å²) in [6.45, 7) is 2.04. The van der Waals surface area contributed by atoms with Crippen LogP contribution < -0.4 is 0 Å². The average Bonchev–Trinajstić information content (AvgIpc) is 2.63. The van der Waals surface area contributed by atoms with Crippen molar-refractivity contribution in [3.63, 3.8) is 0 Å². The number of aliphatic hydroxyl groups is 1. The number of aliphatic hydroxyl groups excluding tert-OH is 1. The molecule has 0 unspecified atom stereocenters. The molecule has 0 aliphatic carbocycles. The van der Waals surface area contributed by atoms with Crippen molar-refractivity contribution in [2.24, 2.45) is 0 Å². The zero-order valence-electron chi connectivity index (χ0n) is 9.02. The zero-order valence-corrected chi connectivity index (χ0v) is 9.02. The molecule has 1 heterocycles. The van der Waals surface area contributed by atoms with E-state index in [0.717, 1.165) is 16.9 Å². The quantitative estimate of drug-likeness (QED) is 0.857. The summed E-state index contributed by atoms with van der Waals surface area (Å²) in [5.74, 6) is -0.260. The molecule has 1 aromatic carbocycles. The first-order chi connectivity index (χ1) is 7.72. The van der Waals surface area contributed by atoms with Crippen LogP contribution in [0, 0.1) is 12.7 Å². The van der Waals surface area contributed by atoms with Crippen molar-refractivity contribution in [1.82, 2.24) is 9.78 Å². The number of hydrogen-bond donors (Lipinski definition) is 1. The van der Waals surface area contributed by atoms with Crippen molar-refractivity contribution in [3.8, 4) is 5.69 Å². The van der Waals surface area contributed by atoms with E-state index in [4.69, 9.17) is 5.11 Å². The van der Waals surface area contributed by atoms with Crippen molar-refractivity contribution >= 4 is 0 Å². The molecule has 1 aromatic heterocycles. The Bertz CT molecular complexity index is 476. The molecule has 84 valence electrons. The summed E-state index contributed by atoms with van der Waals surface area (Å²) in [7, 11) is 0. The molecule has 16 heavy (non-hydrogen) atoms. The van der Waals surface area contributed by atoms with Crippen LogP contribution in [0.2, 0.25) is 0 Å². The first kappa shape index (κ1) is 10.8. The zero-order chi connectivity index (χ0) is 11.5. The van der Waals surface area contributed by atoms with Gasteiger partial charge in [-0.2, -0.15) is 5.10 Å². The topological polar surface area (TPSA) is 38.1 Å². The molecule has 0 atom stereocenters. The average molecular weight is 220 g/mol. The Labute approximate surface area is 93.2 Å². The van der Waals surface area contributed by atoms with Gasteiger partial charge < -0.3 is 5.11 Å². The van der Waals surface area contributed by atoms with E-state index in [2.05, 4.69) is 5.10 Å². The van der Waals surface area contributed by atoms with Crippen molar-refractivity contribution < 1.29 is 9.50 Å². The molecule has 0 bridgehead atoms. The number of benzene rings is 1. The highest BCUT2D eigenvalue weighted by Crippen LogP contribution is 2.14. The number of aromatic nitrogens is 2. The lowest BCUT2D eigenvalue weighted by molar-refractivity contribution is 0.299. The Balaban J connectivity index is 2.37. The van der Waals surface area contributed by atoms with Crippen LogP contribution in [0.3, 0.4) is 0 Å². The summed E-state index contributed by atoms with van der Waals surface area (Å²) in [6, 6.07) is 6.17. The Hall–Kier alpha value is -1.68. The SMILES string of the molecule is Cc1c(CCO)cnn1-c1ccc(F)cc1. The molecule has 0 fully saturated rings. The Morgan fingerprint density at radius 1 is 1.31 bits per heavy atom. The molecule has 0 aliphatic rings. The molecule has 2 rings (SSSR count). The van der Waals surface area contributed by atoms with Crippen LogP contribution >= 0.6 is 0 Å². The third-order valence-corrected chi connectivity index (χ3v) is 2.56. The Morgan fingerprint density at radius 3 is 2.62 bits per heavy atom. The predicted octanol–water partition coefficient (Wildman–Crippen LogP) is 1.85. The van der Waals surface area contributed by atoms with Crippen LogP contribution in [0.1, 0.15) is 11.3 Å². The summed E-state index contributed by atoms with van der Waals surface area (Å²) in [5.41, 5.74) is 2.80. The van der Waals surface area contributed by atoms with Crippen LogP contribution in [0.15, 0.2) is 30.5 Å². The van der Waals surface area contributed by atoms with Crippen LogP contribution in [-0.4, -0.2) is 21.5 Å². The van der Waals surface area contributed by atoms with Crippen LogP contribution in [0.4, 0.5) is 4.39 Å². The van der Waals surface area contributed by atoms with Gasteiger partial charge in [0, 0.05) is 12.3 Å². The lowest BCUT2D eigenvalue weighted by atomic mass is 10.2. The predicted molar refractivity (Wildman–Crippen MR) is 59.0 cm³/mol. The standard InChI is InChI=1S/C12H13FN2O/c1-9-10(6-7-16)8-14-15(9)12-4-2-11(13)3-5-12/h2-5,8,16H,6-7H2,1H3. The van der Waals surface area contributed by atoms with Crippen molar-refractivity contribution in [3.05, 3.63) is 47.5 Å². The van der Waals surface area contributed by atoms with Crippen LogP contribution in [0.25, 0.3) is 5.69 Å². The Kier molecular flexibility index (Phi) is 3.01. The van der Waals surface area contributed by atoms with Gasteiger partial charge in [-0.1, -0.05) is 0 Å². The fourth-order valence-electron chi connectivity index (χ4n) is 1.65. The minimum atomic E-state index is -0.260. The Morgan fingerprint density at radius 2 is 2.00 bits per heavy atom.